The maximum atomic E-state index is 11.5. The highest BCUT2D eigenvalue weighted by Crippen LogP contribution is 2.22. The summed E-state index contributed by atoms with van der Waals surface area (Å²) < 4.78 is 1.02. The van der Waals surface area contributed by atoms with E-state index in [9.17, 15) is 4.79 Å². The van der Waals surface area contributed by atoms with E-state index < -0.39 is 0 Å². The average Bonchev–Trinajstić information content (AvgIpc) is 2.26. The number of hydrogen-bond acceptors (Lipinski definition) is 2. The van der Waals surface area contributed by atoms with E-state index in [-0.39, 0.29) is 11.9 Å². The molecule has 0 bridgehead atoms. The molecule has 0 spiro atoms. The zero-order valence-corrected chi connectivity index (χ0v) is 11.2. The van der Waals surface area contributed by atoms with E-state index in [2.05, 4.69) is 26.6 Å². The molecule has 1 unspecified atom stereocenters. The molecule has 88 valence electrons. The average molecular weight is 285 g/mol. The third-order valence-corrected chi connectivity index (χ3v) is 3.07. The van der Waals surface area contributed by atoms with Gasteiger partial charge in [0, 0.05) is 17.4 Å². The lowest BCUT2D eigenvalue weighted by molar-refractivity contribution is -0.121. The topological polar surface area (TPSA) is 41.1 Å². The van der Waals surface area contributed by atoms with Crippen LogP contribution < -0.4 is 10.6 Å². The highest BCUT2D eigenvalue weighted by molar-refractivity contribution is 9.10. The first-order valence-corrected chi connectivity index (χ1v) is 6.13. The van der Waals surface area contributed by atoms with Crippen molar-refractivity contribution in [2.24, 2.45) is 0 Å². The van der Waals surface area contributed by atoms with Crippen molar-refractivity contribution in [1.29, 1.82) is 0 Å². The Labute approximate surface area is 105 Å². The smallest absolute Gasteiger partial charge is 0.221 e. The fourth-order valence-electron chi connectivity index (χ4n) is 1.46. The summed E-state index contributed by atoms with van der Waals surface area (Å²) >= 11 is 3.48. The monoisotopic (exact) mass is 284 g/mol. The van der Waals surface area contributed by atoms with Crippen molar-refractivity contribution in [2.45, 2.75) is 19.4 Å². The molecule has 0 aromatic heterocycles. The number of carbonyl (C=O) groups excluding carboxylic acids is 1. The van der Waals surface area contributed by atoms with Crippen LogP contribution in [-0.4, -0.2) is 19.5 Å². The Kier molecular flexibility index (Phi) is 5.49. The van der Waals surface area contributed by atoms with Crippen molar-refractivity contribution < 1.29 is 4.79 Å². The molecule has 0 aliphatic rings. The van der Waals surface area contributed by atoms with Gasteiger partial charge < -0.3 is 10.6 Å². The number of carbonyl (C=O) groups is 1. The molecule has 16 heavy (non-hydrogen) atoms. The second kappa shape index (κ2) is 6.66. The van der Waals surface area contributed by atoms with Crippen LogP contribution in [0.4, 0.5) is 0 Å². The molecule has 1 amide bonds. The summed E-state index contributed by atoms with van der Waals surface area (Å²) in [7, 11) is 1.84. The Balaban J connectivity index is 2.55. The van der Waals surface area contributed by atoms with Crippen molar-refractivity contribution in [3.8, 4) is 0 Å². The SMILES string of the molecule is CNCCC(=O)NC(C)c1ccccc1Br. The highest BCUT2D eigenvalue weighted by atomic mass is 79.9. The van der Waals surface area contributed by atoms with Crippen molar-refractivity contribution in [1.82, 2.24) is 10.6 Å². The first kappa shape index (κ1) is 13.2. The maximum absolute atomic E-state index is 11.5. The molecule has 0 aliphatic heterocycles. The van der Waals surface area contributed by atoms with Gasteiger partial charge in [0.05, 0.1) is 6.04 Å². The highest BCUT2D eigenvalue weighted by Gasteiger charge is 2.11. The Morgan fingerprint density at radius 3 is 2.75 bits per heavy atom. The van der Waals surface area contributed by atoms with Crippen LogP contribution in [0.1, 0.15) is 24.9 Å². The Hall–Kier alpha value is -0.870. The summed E-state index contributed by atoms with van der Waals surface area (Å²) in [4.78, 5) is 11.5. The Bertz CT molecular complexity index is 355. The van der Waals surface area contributed by atoms with Crippen molar-refractivity contribution in [3.05, 3.63) is 34.3 Å². The van der Waals surface area contributed by atoms with E-state index in [0.717, 1.165) is 10.0 Å². The summed E-state index contributed by atoms with van der Waals surface area (Å²) in [5.41, 5.74) is 1.10. The van der Waals surface area contributed by atoms with Gasteiger partial charge in [0.25, 0.3) is 0 Å². The van der Waals surface area contributed by atoms with Crippen molar-refractivity contribution >= 4 is 21.8 Å². The summed E-state index contributed by atoms with van der Waals surface area (Å²) in [5, 5.41) is 5.92. The Morgan fingerprint density at radius 1 is 1.44 bits per heavy atom. The summed E-state index contributed by atoms with van der Waals surface area (Å²) in [5.74, 6) is 0.0672. The largest absolute Gasteiger partial charge is 0.350 e. The van der Waals surface area contributed by atoms with Gasteiger partial charge >= 0.3 is 0 Å². The molecular formula is C12H17BrN2O. The molecule has 1 aromatic rings. The summed E-state index contributed by atoms with van der Waals surface area (Å²) in [6.45, 7) is 2.69. The number of rotatable bonds is 5. The third kappa shape index (κ3) is 3.94. The maximum Gasteiger partial charge on any atom is 0.221 e. The molecule has 0 heterocycles. The van der Waals surface area contributed by atoms with E-state index in [1.165, 1.54) is 0 Å². The molecule has 0 saturated carbocycles. The minimum atomic E-state index is 0.0277. The van der Waals surface area contributed by atoms with E-state index in [4.69, 9.17) is 0 Å². The predicted octanol–water partition coefficient (Wildman–Crippen LogP) is 2.24. The van der Waals surface area contributed by atoms with Crippen molar-refractivity contribution in [2.75, 3.05) is 13.6 Å². The number of nitrogens with one attached hydrogen (secondary N) is 2. The number of benzene rings is 1. The zero-order chi connectivity index (χ0) is 12.0. The van der Waals surface area contributed by atoms with Gasteiger partial charge in [0.15, 0.2) is 0 Å². The molecule has 0 radical (unpaired) electrons. The van der Waals surface area contributed by atoms with E-state index in [0.29, 0.717) is 13.0 Å². The lowest BCUT2D eigenvalue weighted by Crippen LogP contribution is -2.29. The predicted molar refractivity (Wildman–Crippen MR) is 69.2 cm³/mol. The molecule has 1 aromatic carbocycles. The van der Waals surface area contributed by atoms with Gasteiger partial charge in [-0.05, 0) is 25.6 Å². The van der Waals surface area contributed by atoms with Crippen LogP contribution in [0.3, 0.4) is 0 Å². The lowest BCUT2D eigenvalue weighted by Gasteiger charge is -2.15. The lowest BCUT2D eigenvalue weighted by atomic mass is 10.1. The van der Waals surface area contributed by atoms with Gasteiger partial charge in [-0.3, -0.25) is 4.79 Å². The fourth-order valence-corrected chi connectivity index (χ4v) is 2.08. The first-order chi connectivity index (χ1) is 7.65. The molecule has 2 N–H and O–H groups in total. The number of amides is 1. The molecule has 4 heteroatoms. The van der Waals surface area contributed by atoms with Crippen LogP contribution in [0.5, 0.6) is 0 Å². The van der Waals surface area contributed by atoms with Gasteiger partial charge in [-0.25, -0.2) is 0 Å². The molecular weight excluding hydrogens is 268 g/mol. The van der Waals surface area contributed by atoms with Crippen LogP contribution in [0.2, 0.25) is 0 Å². The molecule has 0 aliphatic carbocycles. The second-order valence-corrected chi connectivity index (χ2v) is 4.52. The van der Waals surface area contributed by atoms with Crippen LogP contribution in [0, 0.1) is 0 Å². The fraction of sp³-hybridized carbons (Fsp3) is 0.417. The molecule has 0 saturated heterocycles. The third-order valence-electron chi connectivity index (χ3n) is 2.35. The van der Waals surface area contributed by atoms with E-state index in [1.807, 2.05) is 38.2 Å². The van der Waals surface area contributed by atoms with Gasteiger partial charge in [0.2, 0.25) is 5.91 Å². The molecule has 0 fully saturated rings. The quantitative estimate of drug-likeness (QED) is 0.871. The van der Waals surface area contributed by atoms with Crippen LogP contribution >= 0.6 is 15.9 Å². The minimum Gasteiger partial charge on any atom is -0.350 e. The van der Waals surface area contributed by atoms with E-state index in [1.54, 1.807) is 0 Å². The zero-order valence-electron chi connectivity index (χ0n) is 9.59. The standard InChI is InChI=1S/C12H17BrN2O/c1-9(15-12(16)7-8-14-2)10-5-3-4-6-11(10)13/h3-6,9,14H,7-8H2,1-2H3,(H,15,16). The van der Waals surface area contributed by atoms with Gasteiger partial charge in [-0.1, -0.05) is 34.1 Å². The van der Waals surface area contributed by atoms with Crippen LogP contribution in [0.15, 0.2) is 28.7 Å². The van der Waals surface area contributed by atoms with Gasteiger partial charge in [-0.2, -0.15) is 0 Å². The van der Waals surface area contributed by atoms with Gasteiger partial charge in [-0.15, -0.1) is 0 Å². The number of hydrogen-bond donors (Lipinski definition) is 2. The normalized spacial score (nSPS) is 12.2. The first-order valence-electron chi connectivity index (χ1n) is 5.33. The van der Waals surface area contributed by atoms with Crippen LogP contribution in [0.25, 0.3) is 0 Å². The summed E-state index contributed by atoms with van der Waals surface area (Å²) in [6, 6.07) is 7.94. The Morgan fingerprint density at radius 2 is 2.12 bits per heavy atom. The molecule has 1 rings (SSSR count). The minimum absolute atomic E-state index is 0.0277. The second-order valence-electron chi connectivity index (χ2n) is 3.66. The van der Waals surface area contributed by atoms with Crippen molar-refractivity contribution in [3.63, 3.8) is 0 Å². The van der Waals surface area contributed by atoms with Gasteiger partial charge in [0.1, 0.15) is 0 Å². The van der Waals surface area contributed by atoms with Crippen LogP contribution in [-0.2, 0) is 4.79 Å². The summed E-state index contributed by atoms with van der Waals surface area (Å²) in [6.07, 6.45) is 0.505. The molecule has 3 nitrogen and oxygen atoms in total. The molecule has 1 atom stereocenters. The number of halogens is 1. The van der Waals surface area contributed by atoms with E-state index >= 15 is 0 Å².